The Morgan fingerprint density at radius 1 is 0.484 bits per heavy atom. The zero-order valence-electron chi connectivity index (χ0n) is 22.6. The van der Waals surface area contributed by atoms with E-state index in [1.54, 1.807) is 20.8 Å². The molecule has 0 aromatic carbocycles. The summed E-state index contributed by atoms with van der Waals surface area (Å²) in [5.74, 6) is -0.905. The first kappa shape index (κ1) is 52.2. The lowest BCUT2D eigenvalue weighted by Crippen LogP contribution is -2.21. The molecule has 0 aliphatic rings. The molecule has 31 heavy (non-hydrogen) atoms. The molecule has 0 saturated carbocycles. The summed E-state index contributed by atoms with van der Waals surface area (Å²) in [6.45, 7) is 6.97. The van der Waals surface area contributed by atoms with Gasteiger partial charge < -0.3 is 49.8 Å². The van der Waals surface area contributed by atoms with Crippen molar-refractivity contribution in [1.82, 2.24) is 24.6 Å². The number of carbonyl (C=O) groups excluding carboxylic acids is 1. The Morgan fingerprint density at radius 3 is 0.871 bits per heavy atom. The zero-order valence-corrected chi connectivity index (χ0v) is 22.6. The first-order chi connectivity index (χ1) is 13.0. The normalized spacial score (nSPS) is 7.97. The molecule has 0 aliphatic heterocycles. The van der Waals surface area contributed by atoms with Gasteiger partial charge in [-0.2, -0.15) is 0 Å². The van der Waals surface area contributed by atoms with Gasteiger partial charge in [0.15, 0.2) is 0 Å². The van der Waals surface area contributed by atoms with Crippen LogP contribution in [0.1, 0.15) is 118 Å². The number of carboxylic acids is 1. The summed E-state index contributed by atoms with van der Waals surface area (Å²) in [7, 11) is 0. The Labute approximate surface area is 193 Å². The van der Waals surface area contributed by atoms with Crippen LogP contribution in [0.2, 0.25) is 0 Å². The van der Waals surface area contributed by atoms with Crippen molar-refractivity contribution in [3.63, 3.8) is 0 Å². The maximum Gasteiger partial charge on any atom is 0.0414 e. The summed E-state index contributed by atoms with van der Waals surface area (Å²) in [6, 6.07) is 0. The smallest absolute Gasteiger partial charge is 0.0414 e. The topological polar surface area (TPSA) is 255 Å². The Morgan fingerprint density at radius 2 is 0.677 bits per heavy atom. The molecule has 0 rings (SSSR count). The van der Waals surface area contributed by atoms with E-state index in [4.69, 9.17) is 15.3 Å². The lowest BCUT2D eigenvalue weighted by Gasteiger charge is -2.03. The van der Waals surface area contributed by atoms with Gasteiger partial charge in [-0.25, -0.2) is 0 Å². The Balaban J connectivity index is -0.0000000583. The van der Waals surface area contributed by atoms with Gasteiger partial charge in [-0.15, -0.1) is 19.8 Å². The van der Waals surface area contributed by atoms with Crippen molar-refractivity contribution in [3.05, 3.63) is 0 Å². The van der Waals surface area contributed by atoms with Crippen LogP contribution in [-0.4, -0.2) is 25.8 Å². The van der Waals surface area contributed by atoms with E-state index >= 15 is 0 Å². The van der Waals surface area contributed by atoms with E-state index < -0.39 is 5.97 Å². The van der Waals surface area contributed by atoms with Crippen LogP contribution < -0.4 is 45.0 Å². The van der Waals surface area contributed by atoms with E-state index in [-0.39, 0.29) is 50.8 Å². The quantitative estimate of drug-likeness (QED) is 0.279. The van der Waals surface area contributed by atoms with Crippen molar-refractivity contribution in [1.29, 1.82) is 0 Å². The van der Waals surface area contributed by atoms with Crippen LogP contribution in [0.25, 0.3) is 0 Å². The Kier molecular flexibility index (Phi) is 106. The second-order valence-corrected chi connectivity index (χ2v) is 6.23. The zero-order chi connectivity index (χ0) is 21.6. The Bertz CT molecular complexity index is 235. The van der Waals surface area contributed by atoms with Crippen molar-refractivity contribution >= 4 is 5.97 Å². The first-order valence-electron chi connectivity index (χ1n) is 11.0. The van der Waals surface area contributed by atoms with Crippen molar-refractivity contribution < 1.29 is 25.2 Å². The molecule has 0 heterocycles. The molecule has 200 valence electrons. The summed E-state index contributed by atoms with van der Waals surface area (Å²) in [5.41, 5.74) is 0. The van der Waals surface area contributed by atoms with Crippen molar-refractivity contribution in [2.75, 3.05) is 19.8 Å². The number of unbranched alkanes of at least 4 members (excludes halogenated alkanes) is 12. The fourth-order valence-corrected chi connectivity index (χ4v) is 2.29. The van der Waals surface area contributed by atoms with Gasteiger partial charge in [0.2, 0.25) is 0 Å². The van der Waals surface area contributed by atoms with Crippen molar-refractivity contribution in [2.45, 2.75) is 118 Å². The number of rotatable bonds is 14. The van der Waals surface area contributed by atoms with Gasteiger partial charge in [0.05, 0.1) is 0 Å². The van der Waals surface area contributed by atoms with E-state index in [0.717, 1.165) is 12.8 Å². The van der Waals surface area contributed by atoms with Crippen LogP contribution >= 0.6 is 0 Å². The fraction of sp³-hybridized carbons (Fsp3) is 0.955. The van der Waals surface area contributed by atoms with E-state index in [1.807, 2.05) is 0 Å². The molecule has 16 N–H and O–H groups in total. The largest absolute Gasteiger partial charge is 0.855 e. The number of hydrogen-bond acceptors (Lipinski definition) is 5. The molecule has 0 unspecified atom stereocenters. The van der Waals surface area contributed by atoms with Gasteiger partial charge in [-0.05, 0) is 12.8 Å². The van der Waals surface area contributed by atoms with Crippen LogP contribution in [0, 0.1) is 0 Å². The van der Waals surface area contributed by atoms with Gasteiger partial charge >= 0.3 is 0 Å². The summed E-state index contributed by atoms with van der Waals surface area (Å²) < 4.78 is 0. The van der Waals surface area contributed by atoms with Gasteiger partial charge in [0, 0.05) is 5.97 Å². The Hall–Kier alpha value is -0.810. The summed E-state index contributed by atoms with van der Waals surface area (Å²) >= 11 is 0. The number of aliphatic carboxylic acids is 1. The summed E-state index contributed by atoms with van der Waals surface area (Å²) in [5, 5.41) is 37.0. The highest BCUT2D eigenvalue weighted by molar-refractivity contribution is 5.63. The van der Waals surface area contributed by atoms with Crippen LogP contribution in [0.15, 0.2) is 0 Å². The maximum atomic E-state index is 10.2. The van der Waals surface area contributed by atoms with Gasteiger partial charge in [0.25, 0.3) is 0 Å². The molecule has 0 amide bonds. The molecule has 0 atom stereocenters. The van der Waals surface area contributed by atoms with Crippen LogP contribution in [0.5, 0.6) is 0 Å². The molecule has 0 bridgehead atoms. The second kappa shape index (κ2) is 63.0. The summed E-state index contributed by atoms with van der Waals surface area (Å²) in [4.78, 5) is 10.2. The molecule has 0 saturated heterocycles. The number of carboxylic acid groups (broad SMARTS) is 1. The van der Waals surface area contributed by atoms with E-state index in [1.165, 1.54) is 70.6 Å². The monoisotopic (exact) mass is 462 g/mol. The lowest BCUT2D eigenvalue weighted by molar-refractivity contribution is -0.362. The molecule has 0 aliphatic carbocycles. The predicted octanol–water partition coefficient (Wildman–Crippen LogP) is 3.82. The highest BCUT2D eigenvalue weighted by Gasteiger charge is 1.93. The second-order valence-electron chi connectivity index (χ2n) is 6.23. The fourth-order valence-electron chi connectivity index (χ4n) is 2.29. The molecule has 0 fully saturated rings. The van der Waals surface area contributed by atoms with E-state index in [2.05, 4.69) is 6.92 Å². The molecule has 0 spiro atoms. The average molecular weight is 463 g/mol. The number of hydrogen-bond donors (Lipinski definition) is 4. The predicted molar refractivity (Wildman–Crippen MR) is 131 cm³/mol. The van der Waals surface area contributed by atoms with E-state index in [0.29, 0.717) is 0 Å². The third-order valence-corrected chi connectivity index (χ3v) is 3.48. The highest BCUT2D eigenvalue weighted by Crippen LogP contribution is 2.12. The van der Waals surface area contributed by atoms with Crippen molar-refractivity contribution in [2.24, 2.45) is 0 Å². The SMILES string of the molecule is CCCCCCCCCCCCCCCC(=O)[O-].CC[O-].CC[O-].CC[O-].[NH4+].[NH4+].[NH4+].[NH4+]. The van der Waals surface area contributed by atoms with Crippen molar-refractivity contribution in [3.8, 4) is 0 Å². The van der Waals surface area contributed by atoms with E-state index in [9.17, 15) is 9.90 Å². The standard InChI is InChI=1S/C16H32O2.3C2H5O.4H3N/c1-2-3-4-5-6-7-8-9-10-11-12-13-14-15-16(17)18;3*1-2-3;;;;/h2-15H2,1H3,(H,17,18);3*2H2,1H3;4*1H3/q;3*-1;;;;/p+3. The minimum atomic E-state index is -0.905. The number of carbonyl (C=O) groups is 1. The lowest BCUT2D eigenvalue weighted by atomic mass is 10.0. The first-order valence-corrected chi connectivity index (χ1v) is 11.0. The molecule has 9 heteroatoms. The number of quaternary nitrogens is 4. The minimum absolute atomic E-state index is 0. The minimum Gasteiger partial charge on any atom is -0.855 e. The van der Waals surface area contributed by atoms with Gasteiger partial charge in [-0.3, -0.25) is 0 Å². The van der Waals surface area contributed by atoms with Gasteiger partial charge in [-0.1, -0.05) is 105 Å². The third-order valence-electron chi connectivity index (χ3n) is 3.48. The van der Waals surface area contributed by atoms with Gasteiger partial charge in [0.1, 0.15) is 0 Å². The molecular weight excluding hydrogens is 400 g/mol. The average Bonchev–Trinajstić information content (AvgIpc) is 2.61. The summed E-state index contributed by atoms with van der Waals surface area (Å²) in [6.07, 6.45) is 16.9. The molecule has 0 aromatic rings. The molecule has 9 nitrogen and oxygen atoms in total. The molecular formula is C22H62N4O5. The maximum absolute atomic E-state index is 10.2. The van der Waals surface area contributed by atoms with Crippen LogP contribution in [0.3, 0.4) is 0 Å². The molecule has 0 radical (unpaired) electrons. The molecule has 0 aromatic heterocycles. The van der Waals surface area contributed by atoms with Crippen LogP contribution in [-0.2, 0) is 4.79 Å². The van der Waals surface area contributed by atoms with Crippen LogP contribution in [0.4, 0.5) is 0 Å². The highest BCUT2D eigenvalue weighted by atomic mass is 16.4. The third kappa shape index (κ3) is 107.